The molecule has 14 heteroatoms. The van der Waals surface area contributed by atoms with Crippen LogP contribution in [0.5, 0.6) is 5.75 Å². The number of hydrogen-bond acceptors (Lipinski definition) is 8. The molecule has 9 N–H and O–H groups in total. The summed E-state index contributed by atoms with van der Waals surface area (Å²) in [6, 6.07) is 0.732. The highest BCUT2D eigenvalue weighted by Crippen LogP contribution is 2.15. The Balaban J connectivity index is 2.30. The Labute approximate surface area is 269 Å². The zero-order chi connectivity index (χ0) is 34.6. The fourth-order valence-electron chi connectivity index (χ4n) is 4.63. The number of phenols is 1. The van der Waals surface area contributed by atoms with Gasteiger partial charge in [0.05, 0.1) is 12.4 Å². The molecule has 2 aromatic rings. The van der Waals surface area contributed by atoms with Crippen LogP contribution in [0.3, 0.4) is 0 Å². The molecule has 0 radical (unpaired) electrons. The van der Waals surface area contributed by atoms with Gasteiger partial charge in [-0.3, -0.25) is 19.2 Å². The van der Waals surface area contributed by atoms with E-state index >= 15 is 0 Å². The van der Waals surface area contributed by atoms with Gasteiger partial charge in [-0.15, -0.1) is 0 Å². The number of carboxylic acid groups (broad SMARTS) is 1. The smallest absolute Gasteiger partial charge is 0.326 e. The Morgan fingerprint density at radius 3 is 1.78 bits per heavy atom. The quantitative estimate of drug-likeness (QED) is 0.116. The third-order valence-electron chi connectivity index (χ3n) is 8.21. The summed E-state index contributed by atoms with van der Waals surface area (Å²) in [5.74, 6) is -4.62. The topological polar surface area (TPSA) is 229 Å². The first-order valence-corrected chi connectivity index (χ1v) is 15.6. The van der Waals surface area contributed by atoms with Gasteiger partial charge in [0.15, 0.2) is 0 Å². The summed E-state index contributed by atoms with van der Waals surface area (Å²) in [4.78, 5) is 72.4. The molecule has 46 heavy (non-hydrogen) atoms. The predicted molar refractivity (Wildman–Crippen MR) is 171 cm³/mol. The van der Waals surface area contributed by atoms with Crippen LogP contribution in [0.4, 0.5) is 0 Å². The fourth-order valence-corrected chi connectivity index (χ4v) is 4.63. The molecule has 0 spiro atoms. The highest BCUT2D eigenvalue weighted by Gasteiger charge is 2.35. The molecule has 254 valence electrons. The second-order valence-electron chi connectivity index (χ2n) is 12.1. The predicted octanol–water partition coefficient (Wildman–Crippen LogP) is 1.000. The fraction of sp³-hybridized carbons (Fsp3) is 0.562. The van der Waals surface area contributed by atoms with E-state index in [4.69, 9.17) is 5.73 Å². The van der Waals surface area contributed by atoms with Crippen molar-refractivity contribution >= 4 is 29.6 Å². The normalized spacial score (nSPS) is 15.8. The van der Waals surface area contributed by atoms with Crippen molar-refractivity contribution < 1.29 is 34.2 Å². The summed E-state index contributed by atoms with van der Waals surface area (Å²) in [7, 11) is 0. The SMILES string of the molecule is CC[C@H](C)[C@H](NC(=O)[C@H](Cc1ccc(O)cc1)NC(=O)[C@@H](N)C(C)C)C(=O)N[C@H](C(=O)N[C@@H](Cc1cnc[nH]1)C(=O)O)[C@@H](C)CC. The molecular formula is C32H49N7O7. The number of imidazole rings is 1. The van der Waals surface area contributed by atoms with Crippen LogP contribution < -0.4 is 27.0 Å². The Kier molecular flexibility index (Phi) is 14.7. The van der Waals surface area contributed by atoms with Crippen LogP contribution in [0.15, 0.2) is 36.8 Å². The highest BCUT2D eigenvalue weighted by atomic mass is 16.4. The molecular weight excluding hydrogens is 594 g/mol. The number of benzene rings is 1. The van der Waals surface area contributed by atoms with Gasteiger partial charge in [-0.05, 0) is 35.4 Å². The second-order valence-corrected chi connectivity index (χ2v) is 12.1. The number of nitrogens with zero attached hydrogens (tertiary/aromatic N) is 1. The van der Waals surface area contributed by atoms with E-state index in [1.165, 1.54) is 24.7 Å². The molecule has 0 saturated heterocycles. The minimum Gasteiger partial charge on any atom is -0.508 e. The number of phenolic OH excluding ortho intramolecular Hbond substituents is 1. The van der Waals surface area contributed by atoms with Crippen LogP contribution in [-0.4, -0.2) is 80.0 Å². The zero-order valence-corrected chi connectivity index (χ0v) is 27.4. The van der Waals surface area contributed by atoms with E-state index < -0.39 is 59.8 Å². The van der Waals surface area contributed by atoms with Crippen LogP contribution >= 0.6 is 0 Å². The molecule has 14 nitrogen and oxygen atoms in total. The van der Waals surface area contributed by atoms with Gasteiger partial charge < -0.3 is 42.2 Å². The van der Waals surface area contributed by atoms with Crippen LogP contribution in [0.25, 0.3) is 0 Å². The minimum absolute atomic E-state index is 0.0393. The summed E-state index contributed by atoms with van der Waals surface area (Å²) >= 11 is 0. The number of aromatic amines is 1. The molecule has 1 aromatic carbocycles. The lowest BCUT2D eigenvalue weighted by atomic mass is 9.94. The number of aromatic nitrogens is 2. The third kappa shape index (κ3) is 11.2. The molecule has 2 rings (SSSR count). The first-order valence-electron chi connectivity index (χ1n) is 15.6. The molecule has 0 aliphatic carbocycles. The van der Waals surface area contributed by atoms with Crippen LogP contribution in [0.2, 0.25) is 0 Å². The van der Waals surface area contributed by atoms with E-state index in [-0.39, 0.29) is 36.3 Å². The largest absolute Gasteiger partial charge is 0.508 e. The van der Waals surface area contributed by atoms with Gasteiger partial charge in [-0.25, -0.2) is 9.78 Å². The van der Waals surface area contributed by atoms with E-state index in [1.807, 2.05) is 13.8 Å². The van der Waals surface area contributed by atoms with Crippen molar-refractivity contribution in [2.45, 2.75) is 97.4 Å². The molecule has 0 fully saturated rings. The van der Waals surface area contributed by atoms with Crippen molar-refractivity contribution in [2.75, 3.05) is 0 Å². The maximum absolute atomic E-state index is 13.8. The molecule has 0 unspecified atom stereocenters. The van der Waals surface area contributed by atoms with E-state index in [0.717, 1.165) is 0 Å². The van der Waals surface area contributed by atoms with E-state index in [9.17, 15) is 34.2 Å². The van der Waals surface area contributed by atoms with Gasteiger partial charge in [0.2, 0.25) is 23.6 Å². The number of amides is 4. The summed E-state index contributed by atoms with van der Waals surface area (Å²) < 4.78 is 0. The molecule has 0 aliphatic heterocycles. The molecule has 1 aromatic heterocycles. The van der Waals surface area contributed by atoms with E-state index in [2.05, 4.69) is 31.2 Å². The standard InChI is InChI=1S/C32H49N7O7/c1-7-18(5)26(30(43)37-24(32(45)46)14-21-15-34-16-35-21)39-31(44)27(19(6)8-2)38-28(41)23(36-29(42)25(33)17(3)4)13-20-9-11-22(40)12-10-20/h9-12,15-19,23-27,40H,7-8,13-14,33H2,1-6H3,(H,34,35)(H,36,42)(H,37,43)(H,38,41)(H,39,44)(H,45,46)/t18-,19-,23-,24-,25-,26-,27-/m0/s1. The van der Waals surface area contributed by atoms with Crippen LogP contribution in [0.1, 0.15) is 65.6 Å². The number of aliphatic carboxylic acids is 1. The highest BCUT2D eigenvalue weighted by molar-refractivity contribution is 5.95. The van der Waals surface area contributed by atoms with Crippen LogP contribution in [-0.2, 0) is 36.8 Å². The van der Waals surface area contributed by atoms with E-state index in [0.29, 0.717) is 24.1 Å². The van der Waals surface area contributed by atoms with Gasteiger partial charge in [0.1, 0.15) is 29.9 Å². The number of rotatable bonds is 18. The van der Waals surface area contributed by atoms with Crippen molar-refractivity contribution in [1.29, 1.82) is 0 Å². The lowest BCUT2D eigenvalue weighted by Gasteiger charge is -2.30. The van der Waals surface area contributed by atoms with Crippen molar-refractivity contribution in [3.63, 3.8) is 0 Å². The van der Waals surface area contributed by atoms with Gasteiger partial charge in [-0.1, -0.05) is 66.5 Å². The van der Waals surface area contributed by atoms with Crippen molar-refractivity contribution in [2.24, 2.45) is 23.5 Å². The number of carbonyl (C=O) groups excluding carboxylic acids is 4. The van der Waals surface area contributed by atoms with Gasteiger partial charge in [-0.2, -0.15) is 0 Å². The number of nitrogens with two attached hydrogens (primary N) is 1. The maximum atomic E-state index is 13.8. The van der Waals surface area contributed by atoms with Crippen LogP contribution in [0, 0.1) is 17.8 Å². The summed E-state index contributed by atoms with van der Waals surface area (Å²) in [5.41, 5.74) is 7.20. The number of carbonyl (C=O) groups is 5. The first kappa shape index (κ1) is 37.7. The molecule has 0 aliphatic rings. The number of H-pyrrole nitrogens is 1. The Morgan fingerprint density at radius 2 is 1.30 bits per heavy atom. The molecule has 7 atom stereocenters. The van der Waals surface area contributed by atoms with Gasteiger partial charge in [0.25, 0.3) is 0 Å². The number of nitrogens with one attached hydrogen (secondary N) is 5. The molecule has 1 heterocycles. The van der Waals surface area contributed by atoms with Crippen molar-refractivity contribution in [3.05, 3.63) is 48.0 Å². The lowest BCUT2D eigenvalue weighted by Crippen LogP contribution is -2.61. The third-order valence-corrected chi connectivity index (χ3v) is 8.21. The minimum atomic E-state index is -1.28. The number of hydrogen-bond donors (Lipinski definition) is 8. The second kappa shape index (κ2) is 17.9. The van der Waals surface area contributed by atoms with Crippen molar-refractivity contribution in [1.82, 2.24) is 31.2 Å². The molecule has 4 amide bonds. The lowest BCUT2D eigenvalue weighted by molar-refractivity contribution is -0.142. The van der Waals surface area contributed by atoms with Gasteiger partial charge in [0, 0.05) is 24.7 Å². The first-order chi connectivity index (χ1) is 21.7. The maximum Gasteiger partial charge on any atom is 0.326 e. The van der Waals surface area contributed by atoms with E-state index in [1.54, 1.807) is 39.8 Å². The molecule has 0 bridgehead atoms. The average Bonchev–Trinajstić information content (AvgIpc) is 3.54. The number of carboxylic acids is 1. The summed E-state index contributed by atoms with van der Waals surface area (Å²) in [6.45, 7) is 10.8. The Hall–Kier alpha value is -4.46. The Bertz CT molecular complexity index is 1300. The number of aromatic hydroxyl groups is 1. The Morgan fingerprint density at radius 1 is 0.783 bits per heavy atom. The summed E-state index contributed by atoms with van der Waals surface area (Å²) in [5, 5.41) is 30.2. The van der Waals surface area contributed by atoms with Gasteiger partial charge >= 0.3 is 5.97 Å². The monoisotopic (exact) mass is 643 g/mol. The molecule has 0 saturated carbocycles. The van der Waals surface area contributed by atoms with Crippen molar-refractivity contribution in [3.8, 4) is 5.75 Å². The average molecular weight is 644 g/mol. The zero-order valence-electron chi connectivity index (χ0n) is 27.4. The summed E-state index contributed by atoms with van der Waals surface area (Å²) in [6.07, 6.45) is 3.87.